The van der Waals surface area contributed by atoms with Crippen LogP contribution < -0.4 is 0 Å². The molecule has 0 saturated heterocycles. The number of benzene rings is 1. The first-order valence-electron chi connectivity index (χ1n) is 3.75. The van der Waals surface area contributed by atoms with Gasteiger partial charge in [-0.25, -0.2) is 5.11 Å². The Morgan fingerprint density at radius 1 is 1.23 bits per heavy atom. The summed E-state index contributed by atoms with van der Waals surface area (Å²) >= 11 is 0. The van der Waals surface area contributed by atoms with E-state index in [0.29, 0.717) is 0 Å². The Labute approximate surface area is 73.8 Å². The van der Waals surface area contributed by atoms with Crippen molar-refractivity contribution >= 4 is 0 Å². The molecule has 13 heavy (non-hydrogen) atoms. The van der Waals surface area contributed by atoms with Gasteiger partial charge in [0.15, 0.2) is 0 Å². The maximum atomic E-state index is 12.3. The molecule has 0 N–H and O–H groups in total. The molecule has 0 heterocycles. The third-order valence-electron chi connectivity index (χ3n) is 1.70. The van der Waals surface area contributed by atoms with Crippen LogP contribution in [0.5, 0.6) is 0 Å². The van der Waals surface area contributed by atoms with E-state index in [0.717, 1.165) is 6.07 Å². The van der Waals surface area contributed by atoms with E-state index in [1.54, 1.807) is 0 Å². The SMILES string of the molecule is CC([O])c1ccccc1C(F)(F)F. The van der Waals surface area contributed by atoms with Crippen LogP contribution in [0.1, 0.15) is 24.2 Å². The zero-order valence-electron chi connectivity index (χ0n) is 6.93. The van der Waals surface area contributed by atoms with E-state index in [2.05, 4.69) is 0 Å². The molecule has 0 bridgehead atoms. The smallest absolute Gasteiger partial charge is 0.228 e. The molecule has 1 unspecified atom stereocenters. The van der Waals surface area contributed by atoms with E-state index < -0.39 is 17.8 Å². The summed E-state index contributed by atoms with van der Waals surface area (Å²) in [6.45, 7) is 1.20. The molecule has 71 valence electrons. The molecule has 4 heteroatoms. The van der Waals surface area contributed by atoms with E-state index in [1.165, 1.54) is 25.1 Å². The monoisotopic (exact) mass is 189 g/mol. The van der Waals surface area contributed by atoms with Gasteiger partial charge in [0.25, 0.3) is 0 Å². The maximum absolute atomic E-state index is 12.3. The minimum absolute atomic E-state index is 0.199. The van der Waals surface area contributed by atoms with Crippen molar-refractivity contribution in [2.24, 2.45) is 0 Å². The average Bonchev–Trinajstić information content (AvgIpc) is 2.03. The highest BCUT2D eigenvalue weighted by molar-refractivity contribution is 5.30. The fraction of sp³-hybridized carbons (Fsp3) is 0.333. The first-order valence-corrected chi connectivity index (χ1v) is 3.75. The van der Waals surface area contributed by atoms with Crippen LogP contribution >= 0.6 is 0 Å². The summed E-state index contributed by atoms with van der Waals surface area (Å²) in [6, 6.07) is 4.83. The second-order valence-corrected chi connectivity index (χ2v) is 2.73. The summed E-state index contributed by atoms with van der Waals surface area (Å²) in [4.78, 5) is 0. The van der Waals surface area contributed by atoms with Crippen LogP contribution in [0.2, 0.25) is 0 Å². The molecule has 1 nitrogen and oxygen atoms in total. The highest BCUT2D eigenvalue weighted by Crippen LogP contribution is 2.34. The zero-order chi connectivity index (χ0) is 10.1. The van der Waals surface area contributed by atoms with Crippen LogP contribution in [0.3, 0.4) is 0 Å². The molecule has 1 aromatic carbocycles. The molecule has 1 aromatic rings. The van der Waals surface area contributed by atoms with Gasteiger partial charge in [-0.2, -0.15) is 13.2 Å². The topological polar surface area (TPSA) is 19.9 Å². The summed E-state index contributed by atoms with van der Waals surface area (Å²) in [7, 11) is 0. The molecule has 1 atom stereocenters. The van der Waals surface area contributed by atoms with Gasteiger partial charge in [0.1, 0.15) is 6.10 Å². The van der Waals surface area contributed by atoms with Crippen LogP contribution in [-0.4, -0.2) is 0 Å². The van der Waals surface area contributed by atoms with Gasteiger partial charge in [0.2, 0.25) is 0 Å². The number of hydrogen-bond acceptors (Lipinski definition) is 0. The van der Waals surface area contributed by atoms with E-state index in [1.807, 2.05) is 0 Å². The van der Waals surface area contributed by atoms with Gasteiger partial charge in [-0.3, -0.25) is 0 Å². The predicted molar refractivity (Wildman–Crippen MR) is 40.5 cm³/mol. The van der Waals surface area contributed by atoms with Crippen LogP contribution in [0.15, 0.2) is 24.3 Å². The lowest BCUT2D eigenvalue weighted by atomic mass is 10.0. The number of halogens is 3. The van der Waals surface area contributed by atoms with Crippen molar-refractivity contribution < 1.29 is 18.3 Å². The van der Waals surface area contributed by atoms with Crippen LogP contribution in [0.25, 0.3) is 0 Å². The summed E-state index contributed by atoms with van der Waals surface area (Å²) in [5, 5.41) is 10.9. The van der Waals surface area contributed by atoms with Crippen molar-refractivity contribution in [1.29, 1.82) is 0 Å². The van der Waals surface area contributed by atoms with Crippen molar-refractivity contribution in [3.63, 3.8) is 0 Å². The molecule has 0 aliphatic heterocycles. The fourth-order valence-electron chi connectivity index (χ4n) is 1.11. The number of rotatable bonds is 1. The Hall–Kier alpha value is -1.03. The van der Waals surface area contributed by atoms with Gasteiger partial charge >= 0.3 is 6.18 Å². The van der Waals surface area contributed by atoms with Gasteiger partial charge in [-0.15, -0.1) is 0 Å². The first-order chi connectivity index (χ1) is 5.93. The lowest BCUT2D eigenvalue weighted by molar-refractivity contribution is -0.139. The van der Waals surface area contributed by atoms with Crippen molar-refractivity contribution in [2.75, 3.05) is 0 Å². The van der Waals surface area contributed by atoms with Crippen molar-refractivity contribution in [1.82, 2.24) is 0 Å². The molecule has 0 amide bonds. The lowest BCUT2D eigenvalue weighted by Gasteiger charge is -2.12. The van der Waals surface area contributed by atoms with Crippen molar-refractivity contribution in [3.8, 4) is 0 Å². The third-order valence-corrected chi connectivity index (χ3v) is 1.70. The second kappa shape index (κ2) is 3.38. The highest BCUT2D eigenvalue weighted by Gasteiger charge is 2.33. The van der Waals surface area contributed by atoms with Gasteiger partial charge in [0.05, 0.1) is 5.56 Å². The summed E-state index contributed by atoms with van der Waals surface area (Å²) in [5.74, 6) is 0. The Kier molecular flexibility index (Phi) is 2.61. The second-order valence-electron chi connectivity index (χ2n) is 2.73. The van der Waals surface area contributed by atoms with E-state index in [-0.39, 0.29) is 5.56 Å². The quantitative estimate of drug-likeness (QED) is 0.646. The van der Waals surface area contributed by atoms with Gasteiger partial charge in [0, 0.05) is 0 Å². The molecule has 0 aliphatic rings. The van der Waals surface area contributed by atoms with Crippen LogP contribution in [0, 0.1) is 0 Å². The first kappa shape index (κ1) is 10.1. The predicted octanol–water partition coefficient (Wildman–Crippen LogP) is 3.20. The third kappa shape index (κ3) is 2.21. The zero-order valence-corrected chi connectivity index (χ0v) is 6.93. The molecule has 1 radical (unpaired) electrons. The minimum atomic E-state index is -4.44. The van der Waals surface area contributed by atoms with Crippen molar-refractivity contribution in [3.05, 3.63) is 35.4 Å². The maximum Gasteiger partial charge on any atom is 0.416 e. The Bertz CT molecular complexity index is 291. The minimum Gasteiger partial charge on any atom is -0.228 e. The largest absolute Gasteiger partial charge is 0.416 e. The fourth-order valence-corrected chi connectivity index (χ4v) is 1.11. The van der Waals surface area contributed by atoms with Gasteiger partial charge in [-0.1, -0.05) is 18.2 Å². The van der Waals surface area contributed by atoms with Crippen molar-refractivity contribution in [2.45, 2.75) is 19.2 Å². The summed E-state index contributed by atoms with van der Waals surface area (Å²) in [5.41, 5.74) is -1.03. The van der Waals surface area contributed by atoms with E-state index in [9.17, 15) is 18.3 Å². The molecule has 0 fully saturated rings. The Morgan fingerprint density at radius 3 is 2.15 bits per heavy atom. The molecule has 1 rings (SSSR count). The van der Waals surface area contributed by atoms with Gasteiger partial charge < -0.3 is 0 Å². The standard InChI is InChI=1S/C9H8F3O/c1-6(13)7-4-2-3-5-8(7)9(10,11)12/h2-6H,1H3. The van der Waals surface area contributed by atoms with Crippen LogP contribution in [0.4, 0.5) is 13.2 Å². The molecule has 0 aromatic heterocycles. The molecular weight excluding hydrogens is 181 g/mol. The average molecular weight is 189 g/mol. The lowest BCUT2D eigenvalue weighted by Crippen LogP contribution is -2.10. The molecule has 0 aliphatic carbocycles. The summed E-state index contributed by atoms with van der Waals surface area (Å²) < 4.78 is 36.8. The number of hydrogen-bond donors (Lipinski definition) is 0. The van der Waals surface area contributed by atoms with Crippen LogP contribution in [-0.2, 0) is 11.3 Å². The Morgan fingerprint density at radius 2 is 1.77 bits per heavy atom. The van der Waals surface area contributed by atoms with E-state index in [4.69, 9.17) is 0 Å². The number of alkyl halides is 3. The summed E-state index contributed by atoms with van der Waals surface area (Å²) in [6.07, 6.45) is -5.78. The van der Waals surface area contributed by atoms with Gasteiger partial charge in [-0.05, 0) is 18.6 Å². The Balaban J connectivity index is 3.20. The molecule has 0 saturated carbocycles. The highest BCUT2D eigenvalue weighted by atomic mass is 19.4. The van der Waals surface area contributed by atoms with E-state index >= 15 is 0 Å². The molecular formula is C9H8F3O. The molecule has 0 spiro atoms. The normalized spacial score (nSPS) is 14.2.